The van der Waals surface area contributed by atoms with Crippen LogP contribution in [0.4, 0.5) is 0 Å². The molecule has 1 unspecified atom stereocenters. The van der Waals surface area contributed by atoms with E-state index in [0.717, 1.165) is 5.56 Å². The Morgan fingerprint density at radius 3 is 2.74 bits per heavy atom. The first-order valence-corrected chi connectivity index (χ1v) is 7.99. The van der Waals surface area contributed by atoms with Crippen LogP contribution in [0.5, 0.6) is 5.75 Å². The molecule has 0 aliphatic heterocycles. The van der Waals surface area contributed by atoms with Crippen molar-refractivity contribution in [1.82, 2.24) is 20.2 Å². The number of nitrogens with zero attached hydrogens (tertiary/aromatic N) is 4. The second kappa shape index (κ2) is 5.76. The fourth-order valence-electron chi connectivity index (χ4n) is 2.75. The number of rotatable bonds is 4. The fourth-order valence-corrected chi connectivity index (χ4v) is 3.25. The van der Waals surface area contributed by atoms with Crippen LogP contribution in [-0.4, -0.2) is 26.0 Å². The second-order valence-electron chi connectivity index (χ2n) is 6.24. The van der Waals surface area contributed by atoms with Crippen molar-refractivity contribution in [2.75, 3.05) is 0 Å². The SMILES string of the molecule is CC(C)C1(C)Cc2cc(OCn3cnnn3)c(Cl)c(Cl)c2C1=O. The first-order chi connectivity index (χ1) is 10.8. The molecule has 1 heterocycles. The maximum atomic E-state index is 12.8. The van der Waals surface area contributed by atoms with E-state index in [2.05, 4.69) is 15.5 Å². The predicted octanol–water partition coefficient (Wildman–Crippen LogP) is 3.42. The van der Waals surface area contributed by atoms with Gasteiger partial charge in [0.25, 0.3) is 0 Å². The van der Waals surface area contributed by atoms with Gasteiger partial charge in [-0.1, -0.05) is 44.0 Å². The van der Waals surface area contributed by atoms with Crippen molar-refractivity contribution in [3.05, 3.63) is 33.6 Å². The number of carbonyl (C=O) groups excluding carboxylic acids is 1. The lowest BCUT2D eigenvalue weighted by atomic mass is 9.76. The largest absolute Gasteiger partial charge is 0.469 e. The molecule has 0 radical (unpaired) electrons. The zero-order valence-corrected chi connectivity index (χ0v) is 14.5. The van der Waals surface area contributed by atoms with Gasteiger partial charge in [-0.15, -0.1) is 5.10 Å². The molecule has 1 aliphatic carbocycles. The van der Waals surface area contributed by atoms with Gasteiger partial charge in [-0.3, -0.25) is 4.79 Å². The normalized spacial score (nSPS) is 20.2. The second-order valence-corrected chi connectivity index (χ2v) is 6.99. The van der Waals surface area contributed by atoms with Crippen molar-refractivity contribution in [3.8, 4) is 5.75 Å². The van der Waals surface area contributed by atoms with Crippen molar-refractivity contribution in [3.63, 3.8) is 0 Å². The minimum atomic E-state index is -0.469. The van der Waals surface area contributed by atoms with Crippen molar-refractivity contribution >= 4 is 29.0 Å². The number of tetrazole rings is 1. The number of hydrogen-bond acceptors (Lipinski definition) is 5. The number of ketones is 1. The Kier molecular flexibility index (Phi) is 4.06. The monoisotopic (exact) mass is 354 g/mol. The molecule has 0 amide bonds. The summed E-state index contributed by atoms with van der Waals surface area (Å²) in [5.74, 6) is 0.663. The number of fused-ring (bicyclic) bond motifs is 1. The molecule has 0 N–H and O–H groups in total. The van der Waals surface area contributed by atoms with Gasteiger partial charge in [-0.05, 0) is 34.4 Å². The van der Waals surface area contributed by atoms with Gasteiger partial charge >= 0.3 is 0 Å². The van der Waals surface area contributed by atoms with E-state index in [-0.39, 0.29) is 28.5 Å². The van der Waals surface area contributed by atoms with E-state index in [9.17, 15) is 4.79 Å². The van der Waals surface area contributed by atoms with Crippen molar-refractivity contribution in [2.45, 2.75) is 33.9 Å². The first kappa shape index (κ1) is 16.2. The van der Waals surface area contributed by atoms with Crippen LogP contribution in [0.15, 0.2) is 12.4 Å². The first-order valence-electron chi connectivity index (χ1n) is 7.24. The minimum absolute atomic E-state index is 0.0430. The van der Waals surface area contributed by atoms with Gasteiger partial charge in [0.2, 0.25) is 0 Å². The number of benzene rings is 1. The van der Waals surface area contributed by atoms with E-state index in [1.165, 1.54) is 11.0 Å². The molecule has 1 atom stereocenters. The van der Waals surface area contributed by atoms with E-state index in [0.29, 0.717) is 17.7 Å². The van der Waals surface area contributed by atoms with Gasteiger partial charge in [0.05, 0.1) is 5.02 Å². The van der Waals surface area contributed by atoms with Gasteiger partial charge in [0, 0.05) is 11.0 Å². The van der Waals surface area contributed by atoms with Gasteiger partial charge in [-0.25, -0.2) is 0 Å². The Morgan fingerprint density at radius 2 is 2.13 bits per heavy atom. The molecule has 0 saturated heterocycles. The molecule has 0 fully saturated rings. The van der Waals surface area contributed by atoms with Crippen LogP contribution in [0, 0.1) is 11.3 Å². The maximum absolute atomic E-state index is 12.8. The highest BCUT2D eigenvalue weighted by atomic mass is 35.5. The number of hydrogen-bond donors (Lipinski definition) is 0. The molecule has 3 rings (SSSR count). The van der Waals surface area contributed by atoms with Crippen molar-refractivity contribution in [2.24, 2.45) is 11.3 Å². The van der Waals surface area contributed by atoms with Crippen LogP contribution >= 0.6 is 23.2 Å². The van der Waals surface area contributed by atoms with Crippen LogP contribution in [0.2, 0.25) is 10.0 Å². The van der Waals surface area contributed by atoms with Crippen LogP contribution in [0.1, 0.15) is 36.7 Å². The van der Waals surface area contributed by atoms with Gasteiger partial charge in [-0.2, -0.15) is 4.68 Å². The fraction of sp³-hybridized carbons (Fsp3) is 0.467. The Hall–Kier alpha value is -1.66. The molecule has 0 bridgehead atoms. The summed E-state index contributed by atoms with van der Waals surface area (Å²) in [6, 6.07) is 1.79. The van der Waals surface area contributed by atoms with Crippen LogP contribution in [0.3, 0.4) is 0 Å². The molecular formula is C15H16Cl2N4O2. The molecule has 2 aromatic rings. The van der Waals surface area contributed by atoms with Crippen LogP contribution in [-0.2, 0) is 13.2 Å². The maximum Gasteiger partial charge on any atom is 0.184 e. The molecule has 8 heteroatoms. The summed E-state index contributed by atoms with van der Waals surface area (Å²) in [6.07, 6.45) is 2.05. The summed E-state index contributed by atoms with van der Waals surface area (Å²) >= 11 is 12.6. The number of aromatic nitrogens is 4. The molecule has 1 aromatic heterocycles. The third-order valence-electron chi connectivity index (χ3n) is 4.58. The summed E-state index contributed by atoms with van der Waals surface area (Å²) in [7, 11) is 0. The summed E-state index contributed by atoms with van der Waals surface area (Å²) in [6.45, 7) is 6.14. The molecule has 122 valence electrons. The number of ether oxygens (including phenoxy) is 1. The van der Waals surface area contributed by atoms with Gasteiger partial charge in [0.15, 0.2) is 12.5 Å². The van der Waals surface area contributed by atoms with E-state index in [1.54, 1.807) is 6.07 Å². The zero-order chi connectivity index (χ0) is 16.8. The van der Waals surface area contributed by atoms with E-state index >= 15 is 0 Å². The number of carbonyl (C=O) groups is 1. The van der Waals surface area contributed by atoms with Crippen molar-refractivity contribution < 1.29 is 9.53 Å². The molecular weight excluding hydrogens is 339 g/mol. The highest BCUT2D eigenvalue weighted by Gasteiger charge is 2.45. The third kappa shape index (κ3) is 2.60. The van der Waals surface area contributed by atoms with Crippen molar-refractivity contribution in [1.29, 1.82) is 0 Å². The topological polar surface area (TPSA) is 69.9 Å². The minimum Gasteiger partial charge on any atom is -0.469 e. The Labute approximate surface area is 143 Å². The predicted molar refractivity (Wildman–Crippen MR) is 85.9 cm³/mol. The van der Waals surface area contributed by atoms with E-state index < -0.39 is 5.41 Å². The molecule has 0 spiro atoms. The number of halogens is 2. The average molecular weight is 355 g/mol. The summed E-state index contributed by atoms with van der Waals surface area (Å²) in [5.41, 5.74) is 0.916. The summed E-state index contributed by atoms with van der Waals surface area (Å²) in [5, 5.41) is 11.3. The summed E-state index contributed by atoms with van der Waals surface area (Å²) < 4.78 is 7.06. The van der Waals surface area contributed by atoms with E-state index in [1.807, 2.05) is 20.8 Å². The Balaban J connectivity index is 1.95. The zero-order valence-electron chi connectivity index (χ0n) is 13.0. The van der Waals surface area contributed by atoms with Gasteiger partial charge in [0.1, 0.15) is 17.1 Å². The Bertz CT molecular complexity index is 761. The molecule has 1 aromatic carbocycles. The van der Waals surface area contributed by atoms with Gasteiger partial charge < -0.3 is 4.74 Å². The lowest BCUT2D eigenvalue weighted by Gasteiger charge is -2.26. The standard InChI is InChI=1S/C15H16Cl2N4O2/c1-8(2)15(3)5-9-4-10(23-7-21-6-18-19-20-21)12(16)13(17)11(9)14(15)22/h4,6,8H,5,7H2,1-3H3. The molecule has 6 nitrogen and oxygen atoms in total. The average Bonchev–Trinajstić information content (AvgIpc) is 3.10. The summed E-state index contributed by atoms with van der Waals surface area (Å²) in [4.78, 5) is 12.8. The third-order valence-corrected chi connectivity index (χ3v) is 5.43. The highest BCUT2D eigenvalue weighted by Crippen LogP contribution is 2.48. The van der Waals surface area contributed by atoms with Crippen LogP contribution < -0.4 is 4.74 Å². The quantitative estimate of drug-likeness (QED) is 0.841. The molecule has 0 saturated carbocycles. The Morgan fingerprint density at radius 1 is 1.39 bits per heavy atom. The van der Waals surface area contributed by atoms with Crippen LogP contribution in [0.25, 0.3) is 0 Å². The lowest BCUT2D eigenvalue weighted by molar-refractivity contribution is 0.0772. The molecule has 1 aliphatic rings. The molecule has 23 heavy (non-hydrogen) atoms. The smallest absolute Gasteiger partial charge is 0.184 e. The number of Topliss-reactive ketones (excluding diaryl/α,β-unsaturated/α-hetero) is 1. The highest BCUT2D eigenvalue weighted by molar-refractivity contribution is 6.45. The lowest BCUT2D eigenvalue weighted by Crippen LogP contribution is -2.30. The van der Waals surface area contributed by atoms with E-state index in [4.69, 9.17) is 27.9 Å².